The molecule has 2 aliphatic rings. The van der Waals surface area contributed by atoms with E-state index in [1.165, 1.54) is 0 Å². The fourth-order valence-corrected chi connectivity index (χ4v) is 3.46. The van der Waals surface area contributed by atoms with Crippen molar-refractivity contribution in [1.82, 2.24) is 4.90 Å². The summed E-state index contributed by atoms with van der Waals surface area (Å²) in [5, 5.41) is 0. The van der Waals surface area contributed by atoms with Crippen molar-refractivity contribution in [3.05, 3.63) is 0 Å². The molecule has 1 amide bonds. The van der Waals surface area contributed by atoms with E-state index in [-0.39, 0.29) is 18.2 Å². The predicted octanol–water partition coefficient (Wildman–Crippen LogP) is 3.44. The molecule has 0 bridgehead atoms. The number of hydrogen-bond donors (Lipinski definition) is 0. The van der Waals surface area contributed by atoms with Gasteiger partial charge in [-0.2, -0.15) is 13.2 Å². The average Bonchev–Trinajstić information content (AvgIpc) is 2.85. The van der Waals surface area contributed by atoms with Gasteiger partial charge in [0, 0.05) is 24.9 Å². The summed E-state index contributed by atoms with van der Waals surface area (Å²) in [6, 6.07) is 0. The molecule has 2 fully saturated rings. The molecule has 6 heteroatoms. The normalized spacial score (nSPS) is 32.6. The maximum atomic E-state index is 13.0. The van der Waals surface area contributed by atoms with Crippen LogP contribution < -0.4 is 0 Å². The number of likely N-dealkylation sites (tertiary alicyclic amines) is 1. The number of halogens is 4. The first-order valence-corrected chi connectivity index (χ1v) is 7.38. The molecular formula is C13H19ClF3NO. The number of hydrogen-bond acceptors (Lipinski definition) is 1. The minimum absolute atomic E-state index is 0.0900. The molecule has 110 valence electrons. The molecule has 0 N–H and O–H groups in total. The molecule has 3 atom stereocenters. The summed E-state index contributed by atoms with van der Waals surface area (Å²) in [5.74, 6) is -1.93. The number of carbonyl (C=O) groups excluding carboxylic acids is 1. The molecule has 0 spiro atoms. The van der Waals surface area contributed by atoms with Gasteiger partial charge in [0.25, 0.3) is 0 Å². The Kier molecular flexibility index (Phi) is 4.64. The van der Waals surface area contributed by atoms with Gasteiger partial charge in [-0.1, -0.05) is 12.8 Å². The highest BCUT2D eigenvalue weighted by Gasteiger charge is 2.49. The summed E-state index contributed by atoms with van der Waals surface area (Å²) in [6.07, 6.45) is -1.71. The van der Waals surface area contributed by atoms with Gasteiger partial charge in [-0.05, 0) is 25.2 Å². The Morgan fingerprint density at radius 1 is 1.21 bits per heavy atom. The van der Waals surface area contributed by atoms with Crippen LogP contribution >= 0.6 is 11.6 Å². The molecule has 1 aliphatic carbocycles. The van der Waals surface area contributed by atoms with Crippen LogP contribution in [-0.2, 0) is 4.79 Å². The smallest absolute Gasteiger partial charge is 0.342 e. The number of nitrogens with zero attached hydrogens (tertiary/aromatic N) is 1. The van der Waals surface area contributed by atoms with Crippen LogP contribution in [0.2, 0.25) is 0 Å². The van der Waals surface area contributed by atoms with Crippen molar-refractivity contribution in [2.24, 2.45) is 17.8 Å². The van der Waals surface area contributed by atoms with Gasteiger partial charge in [0.1, 0.15) is 0 Å². The number of rotatable bonds is 2. The molecule has 0 aromatic carbocycles. The summed E-state index contributed by atoms with van der Waals surface area (Å²) >= 11 is 5.75. The fraction of sp³-hybridized carbons (Fsp3) is 0.923. The number of amides is 1. The van der Waals surface area contributed by atoms with Crippen molar-refractivity contribution < 1.29 is 18.0 Å². The lowest BCUT2D eigenvalue weighted by atomic mass is 9.78. The van der Waals surface area contributed by atoms with Gasteiger partial charge < -0.3 is 4.90 Å². The topological polar surface area (TPSA) is 20.3 Å². The molecule has 3 unspecified atom stereocenters. The minimum Gasteiger partial charge on any atom is -0.342 e. The lowest BCUT2D eigenvalue weighted by Gasteiger charge is -2.34. The van der Waals surface area contributed by atoms with Gasteiger partial charge in [0.15, 0.2) is 0 Å². The third kappa shape index (κ3) is 3.36. The third-order valence-electron chi connectivity index (χ3n) is 4.32. The van der Waals surface area contributed by atoms with Crippen LogP contribution in [0, 0.1) is 17.8 Å². The van der Waals surface area contributed by atoms with E-state index >= 15 is 0 Å². The van der Waals surface area contributed by atoms with Gasteiger partial charge in [0.2, 0.25) is 5.91 Å². The summed E-state index contributed by atoms with van der Waals surface area (Å²) in [6.45, 7) is 1.07. The lowest BCUT2D eigenvalue weighted by Crippen LogP contribution is -2.44. The fourth-order valence-electron chi connectivity index (χ4n) is 3.21. The van der Waals surface area contributed by atoms with E-state index in [1.54, 1.807) is 4.90 Å². The Hall–Kier alpha value is -0.450. The standard InChI is InChI=1S/C13H19ClF3NO/c14-7-9-5-6-18(8-9)12(19)10-3-1-2-4-11(10)13(15,16)17/h9-11H,1-8H2. The van der Waals surface area contributed by atoms with Gasteiger partial charge in [-0.3, -0.25) is 4.79 Å². The zero-order valence-electron chi connectivity index (χ0n) is 10.8. The Morgan fingerprint density at radius 3 is 2.47 bits per heavy atom. The van der Waals surface area contributed by atoms with Crippen LogP contribution in [0.1, 0.15) is 32.1 Å². The van der Waals surface area contributed by atoms with Gasteiger partial charge >= 0.3 is 6.18 Å². The van der Waals surface area contributed by atoms with E-state index < -0.39 is 18.0 Å². The van der Waals surface area contributed by atoms with Gasteiger partial charge in [-0.15, -0.1) is 11.6 Å². The largest absolute Gasteiger partial charge is 0.392 e. The molecule has 1 saturated carbocycles. The molecule has 1 aliphatic heterocycles. The molecule has 0 aromatic heterocycles. The first-order valence-electron chi connectivity index (χ1n) is 6.85. The third-order valence-corrected chi connectivity index (χ3v) is 4.76. The van der Waals surface area contributed by atoms with E-state index in [4.69, 9.17) is 11.6 Å². The van der Waals surface area contributed by atoms with Crippen LogP contribution in [0.4, 0.5) is 13.2 Å². The van der Waals surface area contributed by atoms with Crippen LogP contribution in [0.5, 0.6) is 0 Å². The van der Waals surface area contributed by atoms with Crippen molar-refractivity contribution in [2.75, 3.05) is 19.0 Å². The van der Waals surface area contributed by atoms with Crippen LogP contribution in [0.15, 0.2) is 0 Å². The second-order valence-corrected chi connectivity index (χ2v) is 5.94. The van der Waals surface area contributed by atoms with Gasteiger partial charge in [0.05, 0.1) is 5.92 Å². The molecule has 2 nitrogen and oxygen atoms in total. The first kappa shape index (κ1) is 14.9. The van der Waals surface area contributed by atoms with Crippen molar-refractivity contribution in [1.29, 1.82) is 0 Å². The lowest BCUT2D eigenvalue weighted by molar-refractivity contribution is -0.200. The second-order valence-electron chi connectivity index (χ2n) is 5.63. The first-order chi connectivity index (χ1) is 8.93. The Labute approximate surface area is 116 Å². The van der Waals surface area contributed by atoms with Crippen molar-refractivity contribution in [2.45, 2.75) is 38.3 Å². The van der Waals surface area contributed by atoms with Crippen LogP contribution in [0.25, 0.3) is 0 Å². The molecule has 19 heavy (non-hydrogen) atoms. The highest BCUT2D eigenvalue weighted by atomic mass is 35.5. The summed E-state index contributed by atoms with van der Waals surface area (Å²) < 4.78 is 39.0. The van der Waals surface area contributed by atoms with E-state index in [0.717, 1.165) is 12.8 Å². The Morgan fingerprint density at radius 2 is 1.89 bits per heavy atom. The van der Waals surface area contributed by atoms with Crippen molar-refractivity contribution in [3.8, 4) is 0 Å². The van der Waals surface area contributed by atoms with E-state index in [2.05, 4.69) is 0 Å². The van der Waals surface area contributed by atoms with E-state index in [9.17, 15) is 18.0 Å². The van der Waals surface area contributed by atoms with Crippen molar-refractivity contribution in [3.63, 3.8) is 0 Å². The number of alkyl halides is 4. The van der Waals surface area contributed by atoms with E-state index in [0.29, 0.717) is 31.8 Å². The zero-order chi connectivity index (χ0) is 14.0. The van der Waals surface area contributed by atoms with Crippen LogP contribution in [-0.4, -0.2) is 36.0 Å². The zero-order valence-corrected chi connectivity index (χ0v) is 11.5. The highest BCUT2D eigenvalue weighted by Crippen LogP contribution is 2.42. The molecular weight excluding hydrogens is 279 g/mol. The molecule has 2 rings (SSSR count). The maximum Gasteiger partial charge on any atom is 0.392 e. The predicted molar refractivity (Wildman–Crippen MR) is 66.9 cm³/mol. The monoisotopic (exact) mass is 297 g/mol. The summed E-state index contributed by atoms with van der Waals surface area (Å²) in [5.41, 5.74) is 0. The summed E-state index contributed by atoms with van der Waals surface area (Å²) in [4.78, 5) is 13.9. The molecule has 0 radical (unpaired) electrons. The quantitative estimate of drug-likeness (QED) is 0.715. The SMILES string of the molecule is O=C(C1CCCCC1C(F)(F)F)N1CCC(CCl)C1. The molecule has 0 aromatic rings. The summed E-state index contributed by atoms with van der Waals surface area (Å²) in [7, 11) is 0. The minimum atomic E-state index is -4.26. The highest BCUT2D eigenvalue weighted by molar-refractivity contribution is 6.18. The number of carbonyl (C=O) groups is 1. The molecule has 1 heterocycles. The van der Waals surface area contributed by atoms with Crippen LogP contribution in [0.3, 0.4) is 0 Å². The van der Waals surface area contributed by atoms with E-state index in [1.807, 2.05) is 0 Å². The Balaban J connectivity index is 2.04. The average molecular weight is 298 g/mol. The van der Waals surface area contributed by atoms with Gasteiger partial charge in [-0.25, -0.2) is 0 Å². The molecule has 1 saturated heterocycles. The maximum absolute atomic E-state index is 13.0. The van der Waals surface area contributed by atoms with Crippen molar-refractivity contribution >= 4 is 17.5 Å². The second kappa shape index (κ2) is 5.90. The Bertz CT molecular complexity index is 334.